The second kappa shape index (κ2) is 6.10. The molecule has 1 unspecified atom stereocenters. The molecule has 1 N–H and O–H groups in total. The van der Waals surface area contributed by atoms with Crippen LogP contribution in [0.5, 0.6) is 5.75 Å². The lowest BCUT2D eigenvalue weighted by atomic mass is 10.1. The normalized spacial score (nSPS) is 14.7. The van der Waals surface area contributed by atoms with E-state index in [1.807, 2.05) is 0 Å². The van der Waals surface area contributed by atoms with Crippen molar-refractivity contribution in [2.45, 2.75) is 32.4 Å². The highest BCUT2D eigenvalue weighted by Gasteiger charge is 2.12. The Bertz CT molecular complexity index is 565. The lowest BCUT2D eigenvalue weighted by Gasteiger charge is -2.14. The first kappa shape index (κ1) is 13.2. The second-order valence-corrected chi connectivity index (χ2v) is 5.51. The van der Waals surface area contributed by atoms with Gasteiger partial charge in [0.1, 0.15) is 5.75 Å². The van der Waals surface area contributed by atoms with Crippen molar-refractivity contribution < 1.29 is 4.74 Å². The molecule has 2 aromatic rings. The van der Waals surface area contributed by atoms with Crippen molar-refractivity contribution in [3.63, 3.8) is 0 Å². The number of ether oxygens (including phenoxy) is 1. The van der Waals surface area contributed by atoms with Crippen LogP contribution < -0.4 is 10.1 Å². The molecule has 0 saturated heterocycles. The third kappa shape index (κ3) is 3.20. The summed E-state index contributed by atoms with van der Waals surface area (Å²) in [6.07, 6.45) is 2.11. The molecule has 1 aliphatic rings. The zero-order valence-corrected chi connectivity index (χ0v) is 11.9. The molecule has 2 aromatic carbocycles. The van der Waals surface area contributed by atoms with Crippen molar-refractivity contribution in [1.82, 2.24) is 5.32 Å². The summed E-state index contributed by atoms with van der Waals surface area (Å²) in [5, 5.41) is 3.60. The average Bonchev–Trinajstić information content (AvgIpc) is 2.93. The number of benzene rings is 2. The lowest BCUT2D eigenvalue weighted by molar-refractivity contribution is 0.357. The van der Waals surface area contributed by atoms with Gasteiger partial charge in [0, 0.05) is 19.0 Å². The molecule has 2 nitrogen and oxygen atoms in total. The van der Waals surface area contributed by atoms with Gasteiger partial charge in [0.25, 0.3) is 0 Å². The molecule has 0 amide bonds. The van der Waals surface area contributed by atoms with E-state index in [-0.39, 0.29) is 0 Å². The average molecular weight is 267 g/mol. The predicted octanol–water partition coefficient (Wildman–Crippen LogP) is 3.34. The van der Waals surface area contributed by atoms with Gasteiger partial charge in [-0.25, -0.2) is 0 Å². The van der Waals surface area contributed by atoms with E-state index in [4.69, 9.17) is 4.74 Å². The number of rotatable bonds is 5. The van der Waals surface area contributed by atoms with Crippen molar-refractivity contribution >= 4 is 0 Å². The molecule has 1 heterocycles. The van der Waals surface area contributed by atoms with Crippen molar-refractivity contribution in [3.05, 3.63) is 65.2 Å². The Hall–Kier alpha value is -1.80. The molecular weight excluding hydrogens is 246 g/mol. The van der Waals surface area contributed by atoms with Crippen LogP contribution in [-0.2, 0) is 19.4 Å². The van der Waals surface area contributed by atoms with Gasteiger partial charge in [-0.05, 0) is 36.1 Å². The van der Waals surface area contributed by atoms with E-state index in [0.717, 1.165) is 31.7 Å². The van der Waals surface area contributed by atoms with Crippen LogP contribution in [-0.4, -0.2) is 12.6 Å². The molecule has 0 fully saturated rings. The van der Waals surface area contributed by atoms with Gasteiger partial charge in [-0.3, -0.25) is 0 Å². The van der Waals surface area contributed by atoms with Crippen molar-refractivity contribution in [1.29, 1.82) is 0 Å². The maximum Gasteiger partial charge on any atom is 0.122 e. The SMILES string of the molecule is CC(Cc1ccccc1)NCc1ccc2c(c1)CCO2. The molecule has 0 spiro atoms. The monoisotopic (exact) mass is 267 g/mol. The Balaban J connectivity index is 1.54. The first-order valence-corrected chi connectivity index (χ1v) is 7.33. The van der Waals surface area contributed by atoms with Gasteiger partial charge in [-0.15, -0.1) is 0 Å². The van der Waals surface area contributed by atoms with Crippen molar-refractivity contribution in [2.24, 2.45) is 0 Å². The van der Waals surface area contributed by atoms with Crippen LogP contribution in [0.3, 0.4) is 0 Å². The topological polar surface area (TPSA) is 21.3 Å². The van der Waals surface area contributed by atoms with Crippen LogP contribution in [0, 0.1) is 0 Å². The minimum absolute atomic E-state index is 0.474. The van der Waals surface area contributed by atoms with E-state index in [1.165, 1.54) is 16.7 Å². The molecule has 0 radical (unpaired) electrons. The van der Waals surface area contributed by atoms with E-state index in [9.17, 15) is 0 Å². The van der Waals surface area contributed by atoms with Gasteiger partial charge in [0.05, 0.1) is 6.61 Å². The van der Waals surface area contributed by atoms with Crippen LogP contribution in [0.15, 0.2) is 48.5 Å². The molecule has 1 aliphatic heterocycles. The summed E-state index contributed by atoms with van der Waals surface area (Å²) >= 11 is 0. The van der Waals surface area contributed by atoms with Crippen LogP contribution in [0.25, 0.3) is 0 Å². The number of hydrogen-bond acceptors (Lipinski definition) is 2. The van der Waals surface area contributed by atoms with Gasteiger partial charge in [0.15, 0.2) is 0 Å². The highest BCUT2D eigenvalue weighted by molar-refractivity contribution is 5.39. The summed E-state index contributed by atoms with van der Waals surface area (Å²) in [5.74, 6) is 1.06. The summed E-state index contributed by atoms with van der Waals surface area (Å²) in [6.45, 7) is 3.99. The number of nitrogens with one attached hydrogen (secondary N) is 1. The molecule has 0 aromatic heterocycles. The van der Waals surface area contributed by atoms with Gasteiger partial charge in [0.2, 0.25) is 0 Å². The molecule has 1 atom stereocenters. The predicted molar refractivity (Wildman–Crippen MR) is 82.1 cm³/mol. The maximum atomic E-state index is 5.54. The maximum absolute atomic E-state index is 5.54. The molecule has 3 rings (SSSR count). The second-order valence-electron chi connectivity index (χ2n) is 5.51. The standard InChI is InChI=1S/C18H21NO/c1-14(11-15-5-3-2-4-6-15)19-13-16-7-8-18-17(12-16)9-10-20-18/h2-8,12,14,19H,9-11,13H2,1H3. The van der Waals surface area contributed by atoms with Crippen LogP contribution >= 0.6 is 0 Å². The van der Waals surface area contributed by atoms with E-state index in [2.05, 4.69) is 60.8 Å². The van der Waals surface area contributed by atoms with Crippen molar-refractivity contribution in [3.8, 4) is 5.75 Å². The molecular formula is C18H21NO. The summed E-state index contributed by atoms with van der Waals surface area (Å²) in [6, 6.07) is 17.6. The van der Waals surface area contributed by atoms with Gasteiger partial charge in [-0.2, -0.15) is 0 Å². The molecule has 104 valence electrons. The minimum Gasteiger partial charge on any atom is -0.493 e. The zero-order chi connectivity index (χ0) is 13.8. The first-order chi connectivity index (χ1) is 9.81. The third-order valence-corrected chi connectivity index (χ3v) is 3.79. The summed E-state index contributed by atoms with van der Waals surface area (Å²) in [7, 11) is 0. The third-order valence-electron chi connectivity index (χ3n) is 3.79. The first-order valence-electron chi connectivity index (χ1n) is 7.33. The minimum atomic E-state index is 0.474. The summed E-state index contributed by atoms with van der Waals surface area (Å²) in [4.78, 5) is 0. The zero-order valence-electron chi connectivity index (χ0n) is 11.9. The van der Waals surface area contributed by atoms with Gasteiger partial charge >= 0.3 is 0 Å². The lowest BCUT2D eigenvalue weighted by Crippen LogP contribution is -2.27. The van der Waals surface area contributed by atoms with Gasteiger partial charge in [-0.1, -0.05) is 42.5 Å². The Labute approximate surface area is 120 Å². The Morgan fingerprint density at radius 3 is 2.80 bits per heavy atom. The Kier molecular flexibility index (Phi) is 4.03. The largest absolute Gasteiger partial charge is 0.493 e. The van der Waals surface area contributed by atoms with Crippen LogP contribution in [0.2, 0.25) is 0 Å². The van der Waals surface area contributed by atoms with E-state index < -0.39 is 0 Å². The molecule has 20 heavy (non-hydrogen) atoms. The van der Waals surface area contributed by atoms with Crippen LogP contribution in [0.4, 0.5) is 0 Å². The molecule has 2 heteroatoms. The smallest absolute Gasteiger partial charge is 0.122 e. The van der Waals surface area contributed by atoms with E-state index >= 15 is 0 Å². The molecule has 0 saturated carbocycles. The fourth-order valence-electron chi connectivity index (χ4n) is 2.68. The van der Waals surface area contributed by atoms with Gasteiger partial charge < -0.3 is 10.1 Å². The van der Waals surface area contributed by atoms with E-state index in [1.54, 1.807) is 0 Å². The van der Waals surface area contributed by atoms with Crippen molar-refractivity contribution in [2.75, 3.05) is 6.61 Å². The van der Waals surface area contributed by atoms with Crippen LogP contribution in [0.1, 0.15) is 23.6 Å². The highest BCUT2D eigenvalue weighted by atomic mass is 16.5. The highest BCUT2D eigenvalue weighted by Crippen LogP contribution is 2.25. The number of hydrogen-bond donors (Lipinski definition) is 1. The quantitative estimate of drug-likeness (QED) is 0.897. The fraction of sp³-hybridized carbons (Fsp3) is 0.333. The molecule has 0 aliphatic carbocycles. The fourth-order valence-corrected chi connectivity index (χ4v) is 2.68. The number of fused-ring (bicyclic) bond motifs is 1. The molecule has 0 bridgehead atoms. The Morgan fingerprint density at radius 1 is 1.10 bits per heavy atom. The summed E-state index contributed by atoms with van der Waals surface area (Å²) < 4.78 is 5.54. The Morgan fingerprint density at radius 2 is 1.95 bits per heavy atom. The summed E-state index contributed by atoms with van der Waals surface area (Å²) in [5.41, 5.74) is 4.07. The van der Waals surface area contributed by atoms with E-state index in [0.29, 0.717) is 6.04 Å².